The molecule has 0 aliphatic carbocycles. The van der Waals surface area contributed by atoms with E-state index in [9.17, 15) is 9.59 Å². The number of carbonyl (C=O) groups is 2. The van der Waals surface area contributed by atoms with E-state index in [0.29, 0.717) is 24.3 Å². The van der Waals surface area contributed by atoms with E-state index in [1.165, 1.54) is 0 Å². The smallest absolute Gasteiger partial charge is 0.319 e. The molecule has 6 nitrogen and oxygen atoms in total. The molecule has 1 aromatic rings. The van der Waals surface area contributed by atoms with E-state index >= 15 is 0 Å². The molecule has 0 heterocycles. The van der Waals surface area contributed by atoms with Gasteiger partial charge in [-0.3, -0.25) is 4.79 Å². The lowest BCUT2D eigenvalue weighted by molar-refractivity contribution is -0.137. The second-order valence-electron chi connectivity index (χ2n) is 4.17. The standard InChI is InChI=1S/C13H19N3O3/c14-10-6-3-4-7-11(10)16-13(19)15-9-5-1-2-8-12(17)18/h3-4,6-7H,1-2,5,8-9,14H2,(H,17,18)(H2,15,16,19). The summed E-state index contributed by atoms with van der Waals surface area (Å²) in [5.41, 5.74) is 6.78. The third-order valence-electron chi connectivity index (χ3n) is 2.56. The maximum atomic E-state index is 11.5. The first-order valence-corrected chi connectivity index (χ1v) is 6.20. The second kappa shape index (κ2) is 7.97. The maximum Gasteiger partial charge on any atom is 0.319 e. The summed E-state index contributed by atoms with van der Waals surface area (Å²) in [5, 5.41) is 13.8. The number of nitrogens with two attached hydrogens (primary N) is 1. The van der Waals surface area contributed by atoms with Gasteiger partial charge in [0.2, 0.25) is 0 Å². The number of urea groups is 1. The van der Waals surface area contributed by atoms with Gasteiger partial charge in [-0.15, -0.1) is 0 Å². The van der Waals surface area contributed by atoms with E-state index in [2.05, 4.69) is 10.6 Å². The number of anilines is 2. The Balaban J connectivity index is 2.15. The van der Waals surface area contributed by atoms with Crippen molar-refractivity contribution in [2.75, 3.05) is 17.6 Å². The van der Waals surface area contributed by atoms with Crippen LogP contribution in [-0.4, -0.2) is 23.7 Å². The van der Waals surface area contributed by atoms with Crippen molar-refractivity contribution in [3.8, 4) is 0 Å². The third kappa shape index (κ3) is 6.30. The first-order valence-electron chi connectivity index (χ1n) is 6.20. The van der Waals surface area contributed by atoms with Crippen LogP contribution >= 0.6 is 0 Å². The van der Waals surface area contributed by atoms with Gasteiger partial charge in [0.05, 0.1) is 11.4 Å². The Kier molecular flexibility index (Phi) is 6.21. The number of carbonyl (C=O) groups excluding carboxylic acids is 1. The lowest BCUT2D eigenvalue weighted by Crippen LogP contribution is -2.29. The number of nitrogen functional groups attached to an aromatic ring is 1. The van der Waals surface area contributed by atoms with Crippen molar-refractivity contribution in [1.82, 2.24) is 5.32 Å². The number of unbranched alkanes of at least 4 members (excludes halogenated alkanes) is 2. The number of carboxylic acids is 1. The van der Waals surface area contributed by atoms with Crippen LogP contribution in [0.3, 0.4) is 0 Å². The quantitative estimate of drug-likeness (QED) is 0.447. The normalized spacial score (nSPS) is 9.89. The van der Waals surface area contributed by atoms with Gasteiger partial charge in [-0.05, 0) is 25.0 Å². The average Bonchev–Trinajstić information content (AvgIpc) is 2.36. The summed E-state index contributed by atoms with van der Waals surface area (Å²) < 4.78 is 0. The van der Waals surface area contributed by atoms with E-state index in [4.69, 9.17) is 10.8 Å². The van der Waals surface area contributed by atoms with Gasteiger partial charge in [-0.1, -0.05) is 18.6 Å². The minimum absolute atomic E-state index is 0.173. The largest absolute Gasteiger partial charge is 0.481 e. The highest BCUT2D eigenvalue weighted by Gasteiger charge is 2.03. The monoisotopic (exact) mass is 265 g/mol. The van der Waals surface area contributed by atoms with Gasteiger partial charge >= 0.3 is 12.0 Å². The van der Waals surface area contributed by atoms with E-state index in [-0.39, 0.29) is 12.5 Å². The minimum atomic E-state index is -0.787. The predicted octanol–water partition coefficient (Wildman–Crippen LogP) is 2.04. The fourth-order valence-electron chi connectivity index (χ4n) is 1.56. The Bertz CT molecular complexity index is 435. The molecule has 0 saturated heterocycles. The first kappa shape index (κ1) is 14.8. The van der Waals surface area contributed by atoms with Crippen molar-refractivity contribution in [3.63, 3.8) is 0 Å². The van der Waals surface area contributed by atoms with Crippen LogP contribution < -0.4 is 16.4 Å². The van der Waals surface area contributed by atoms with E-state index < -0.39 is 5.97 Å². The van der Waals surface area contributed by atoms with Crippen molar-refractivity contribution in [2.45, 2.75) is 25.7 Å². The number of amides is 2. The van der Waals surface area contributed by atoms with Gasteiger partial charge in [0, 0.05) is 13.0 Å². The zero-order valence-corrected chi connectivity index (χ0v) is 10.7. The van der Waals surface area contributed by atoms with Crippen LogP contribution in [0.2, 0.25) is 0 Å². The third-order valence-corrected chi connectivity index (χ3v) is 2.56. The van der Waals surface area contributed by atoms with Crippen LogP contribution in [0.4, 0.5) is 16.2 Å². The van der Waals surface area contributed by atoms with Gasteiger partial charge in [0.25, 0.3) is 0 Å². The Morgan fingerprint density at radius 1 is 1.16 bits per heavy atom. The van der Waals surface area contributed by atoms with Gasteiger partial charge in [0.1, 0.15) is 0 Å². The zero-order valence-electron chi connectivity index (χ0n) is 10.7. The lowest BCUT2D eigenvalue weighted by atomic mass is 10.2. The lowest BCUT2D eigenvalue weighted by Gasteiger charge is -2.09. The van der Waals surface area contributed by atoms with Crippen LogP contribution in [0.15, 0.2) is 24.3 Å². The Morgan fingerprint density at radius 2 is 1.89 bits per heavy atom. The Morgan fingerprint density at radius 3 is 2.58 bits per heavy atom. The molecule has 0 aliphatic heterocycles. The molecule has 1 aromatic carbocycles. The number of benzene rings is 1. The molecule has 0 fully saturated rings. The number of hydrogen-bond donors (Lipinski definition) is 4. The summed E-state index contributed by atoms with van der Waals surface area (Å²) in [6.07, 6.45) is 2.34. The highest BCUT2D eigenvalue weighted by Crippen LogP contribution is 2.16. The molecular formula is C13H19N3O3. The summed E-state index contributed by atoms with van der Waals surface area (Å²) in [4.78, 5) is 21.8. The molecule has 0 aliphatic rings. The molecule has 0 unspecified atom stereocenters. The van der Waals surface area contributed by atoms with Crippen LogP contribution in [0, 0.1) is 0 Å². The second-order valence-corrected chi connectivity index (χ2v) is 4.17. The average molecular weight is 265 g/mol. The zero-order chi connectivity index (χ0) is 14.1. The molecule has 1 rings (SSSR count). The topological polar surface area (TPSA) is 104 Å². The number of nitrogens with one attached hydrogen (secondary N) is 2. The molecule has 0 radical (unpaired) electrons. The molecule has 0 saturated carbocycles. The summed E-state index contributed by atoms with van der Waals surface area (Å²) in [5.74, 6) is -0.787. The molecule has 6 heteroatoms. The first-order chi connectivity index (χ1) is 9.09. The Hall–Kier alpha value is -2.24. The highest BCUT2D eigenvalue weighted by atomic mass is 16.4. The molecule has 0 bridgehead atoms. The molecule has 0 atom stereocenters. The number of rotatable bonds is 7. The van der Waals surface area contributed by atoms with E-state index in [1.54, 1.807) is 24.3 Å². The molecule has 104 valence electrons. The molecule has 0 aromatic heterocycles. The van der Waals surface area contributed by atoms with Crippen LogP contribution in [0.5, 0.6) is 0 Å². The van der Waals surface area contributed by atoms with Crippen LogP contribution in [-0.2, 0) is 4.79 Å². The summed E-state index contributed by atoms with van der Waals surface area (Å²) >= 11 is 0. The van der Waals surface area contributed by atoms with Gasteiger partial charge in [-0.2, -0.15) is 0 Å². The van der Waals surface area contributed by atoms with Crippen molar-refractivity contribution in [1.29, 1.82) is 0 Å². The fourth-order valence-corrected chi connectivity index (χ4v) is 1.56. The number of hydrogen-bond acceptors (Lipinski definition) is 3. The van der Waals surface area contributed by atoms with Gasteiger partial charge in [-0.25, -0.2) is 4.79 Å². The van der Waals surface area contributed by atoms with E-state index in [1.807, 2.05) is 0 Å². The van der Waals surface area contributed by atoms with Crippen molar-refractivity contribution >= 4 is 23.4 Å². The summed E-state index contributed by atoms with van der Waals surface area (Å²) in [7, 11) is 0. The highest BCUT2D eigenvalue weighted by molar-refractivity contribution is 5.92. The number of para-hydroxylation sites is 2. The maximum absolute atomic E-state index is 11.5. The van der Waals surface area contributed by atoms with Crippen molar-refractivity contribution < 1.29 is 14.7 Å². The predicted molar refractivity (Wildman–Crippen MR) is 74.0 cm³/mol. The number of aliphatic carboxylic acids is 1. The summed E-state index contributed by atoms with van der Waals surface area (Å²) in [6.45, 7) is 0.512. The van der Waals surface area contributed by atoms with Gasteiger partial charge < -0.3 is 21.5 Å². The Labute approximate surface area is 112 Å². The minimum Gasteiger partial charge on any atom is -0.481 e. The van der Waals surface area contributed by atoms with E-state index in [0.717, 1.165) is 12.8 Å². The molecule has 2 amide bonds. The van der Waals surface area contributed by atoms with Crippen molar-refractivity contribution in [2.24, 2.45) is 0 Å². The van der Waals surface area contributed by atoms with Gasteiger partial charge in [0.15, 0.2) is 0 Å². The number of carboxylic acid groups (broad SMARTS) is 1. The molecular weight excluding hydrogens is 246 g/mol. The molecule has 19 heavy (non-hydrogen) atoms. The van der Waals surface area contributed by atoms with Crippen molar-refractivity contribution in [3.05, 3.63) is 24.3 Å². The molecule has 0 spiro atoms. The summed E-state index contributed by atoms with van der Waals surface area (Å²) in [6, 6.07) is 6.71. The fraction of sp³-hybridized carbons (Fsp3) is 0.385. The van der Waals surface area contributed by atoms with Crippen LogP contribution in [0.25, 0.3) is 0 Å². The SMILES string of the molecule is Nc1ccccc1NC(=O)NCCCCCC(=O)O. The molecule has 5 N–H and O–H groups in total. The van der Waals surface area contributed by atoms with Crippen LogP contribution in [0.1, 0.15) is 25.7 Å².